The van der Waals surface area contributed by atoms with E-state index in [2.05, 4.69) is 13.0 Å². The highest BCUT2D eigenvalue weighted by molar-refractivity contribution is 5.01. The van der Waals surface area contributed by atoms with Crippen LogP contribution >= 0.6 is 0 Å². The predicted molar refractivity (Wildman–Crippen MR) is 52.0 cm³/mol. The number of rotatable bonds is 2. The summed E-state index contributed by atoms with van der Waals surface area (Å²) in [5.41, 5.74) is 1.13. The summed E-state index contributed by atoms with van der Waals surface area (Å²) in [6, 6.07) is 0. The van der Waals surface area contributed by atoms with Crippen molar-refractivity contribution in [2.45, 2.75) is 39.5 Å². The molecule has 0 radical (unpaired) electrons. The molecule has 0 heterocycles. The van der Waals surface area contributed by atoms with Crippen LogP contribution in [0, 0.1) is 11.8 Å². The van der Waals surface area contributed by atoms with E-state index in [1.165, 1.54) is 25.7 Å². The second-order valence-corrected chi connectivity index (χ2v) is 4.19. The van der Waals surface area contributed by atoms with Gasteiger partial charge in [-0.3, -0.25) is 0 Å². The summed E-state index contributed by atoms with van der Waals surface area (Å²) in [7, 11) is 0. The topological polar surface area (TPSA) is 20.2 Å². The monoisotopic (exact) mass is 168 g/mol. The molecule has 1 nitrogen and oxygen atoms in total. The Morgan fingerprint density at radius 2 is 1.92 bits per heavy atom. The minimum Gasteiger partial charge on any atom is -0.392 e. The normalized spacial score (nSPS) is 32.1. The van der Waals surface area contributed by atoms with Gasteiger partial charge in [-0.2, -0.15) is 0 Å². The molecular formula is C11H20O. The minimum atomic E-state index is 0.228. The fourth-order valence-corrected chi connectivity index (χ4v) is 1.91. The molecule has 1 rings (SSSR count). The molecule has 70 valence electrons. The summed E-state index contributed by atoms with van der Waals surface area (Å²) < 4.78 is 0. The van der Waals surface area contributed by atoms with Crippen molar-refractivity contribution in [3.05, 3.63) is 11.6 Å². The Morgan fingerprint density at radius 1 is 1.33 bits per heavy atom. The first kappa shape index (κ1) is 9.79. The van der Waals surface area contributed by atoms with Crippen molar-refractivity contribution in [2.24, 2.45) is 11.8 Å². The summed E-state index contributed by atoms with van der Waals surface area (Å²) in [6.07, 6.45) is 7.61. The van der Waals surface area contributed by atoms with E-state index in [1.807, 2.05) is 6.92 Å². The van der Waals surface area contributed by atoms with Gasteiger partial charge in [0, 0.05) is 0 Å². The number of hydrogen-bond donors (Lipinski definition) is 1. The van der Waals surface area contributed by atoms with E-state index in [9.17, 15) is 0 Å². The number of aliphatic hydroxyl groups excluding tert-OH is 1. The fraction of sp³-hybridized carbons (Fsp3) is 0.818. The molecule has 0 aromatic carbocycles. The number of hydrogen-bond acceptors (Lipinski definition) is 1. The SMILES string of the molecule is C/C(=C/C1CCC(C)CC1)CO. The highest BCUT2D eigenvalue weighted by atomic mass is 16.3. The van der Waals surface area contributed by atoms with Gasteiger partial charge in [0.25, 0.3) is 0 Å². The molecule has 1 saturated carbocycles. The Balaban J connectivity index is 2.35. The predicted octanol–water partition coefficient (Wildman–Crippen LogP) is 2.75. The van der Waals surface area contributed by atoms with Crippen LogP contribution in [0.3, 0.4) is 0 Å². The molecule has 0 bridgehead atoms. The molecule has 0 unspecified atom stereocenters. The Hall–Kier alpha value is -0.300. The van der Waals surface area contributed by atoms with E-state index in [-0.39, 0.29) is 6.61 Å². The molecule has 0 atom stereocenters. The summed E-state index contributed by atoms with van der Waals surface area (Å²) in [6.45, 7) is 4.57. The molecule has 0 amide bonds. The third-order valence-electron chi connectivity index (χ3n) is 2.83. The molecule has 12 heavy (non-hydrogen) atoms. The van der Waals surface area contributed by atoms with Crippen molar-refractivity contribution in [3.8, 4) is 0 Å². The van der Waals surface area contributed by atoms with Crippen LogP contribution in [0.1, 0.15) is 39.5 Å². The molecule has 0 aromatic rings. The average molecular weight is 168 g/mol. The highest BCUT2D eigenvalue weighted by Gasteiger charge is 2.15. The molecule has 0 saturated heterocycles. The summed E-state index contributed by atoms with van der Waals surface area (Å²) in [5.74, 6) is 1.66. The third kappa shape index (κ3) is 2.98. The van der Waals surface area contributed by atoms with E-state index in [0.29, 0.717) is 0 Å². The number of aliphatic hydroxyl groups is 1. The summed E-state index contributed by atoms with van der Waals surface area (Å²) >= 11 is 0. The van der Waals surface area contributed by atoms with Gasteiger partial charge in [-0.15, -0.1) is 0 Å². The fourth-order valence-electron chi connectivity index (χ4n) is 1.91. The first-order chi connectivity index (χ1) is 5.72. The first-order valence-electron chi connectivity index (χ1n) is 5.00. The summed E-state index contributed by atoms with van der Waals surface area (Å²) in [5, 5.41) is 8.85. The Morgan fingerprint density at radius 3 is 2.42 bits per heavy atom. The molecule has 1 aliphatic carbocycles. The van der Waals surface area contributed by atoms with E-state index in [1.54, 1.807) is 0 Å². The average Bonchev–Trinajstić information content (AvgIpc) is 2.09. The minimum absolute atomic E-state index is 0.228. The maximum absolute atomic E-state index is 8.85. The quantitative estimate of drug-likeness (QED) is 0.629. The van der Waals surface area contributed by atoms with Gasteiger partial charge in [0.1, 0.15) is 0 Å². The van der Waals surface area contributed by atoms with Gasteiger partial charge in [-0.25, -0.2) is 0 Å². The van der Waals surface area contributed by atoms with Crippen LogP contribution in [0.2, 0.25) is 0 Å². The van der Waals surface area contributed by atoms with Gasteiger partial charge in [0.15, 0.2) is 0 Å². The number of allylic oxidation sites excluding steroid dienone is 1. The van der Waals surface area contributed by atoms with Crippen LogP contribution < -0.4 is 0 Å². The molecule has 1 heteroatoms. The van der Waals surface area contributed by atoms with E-state index >= 15 is 0 Å². The maximum Gasteiger partial charge on any atom is 0.0639 e. The maximum atomic E-state index is 8.85. The van der Waals surface area contributed by atoms with Gasteiger partial charge < -0.3 is 5.11 Å². The highest BCUT2D eigenvalue weighted by Crippen LogP contribution is 2.29. The lowest BCUT2D eigenvalue weighted by molar-refractivity contribution is 0.315. The van der Waals surface area contributed by atoms with Gasteiger partial charge in [-0.05, 0) is 31.6 Å². The van der Waals surface area contributed by atoms with Crippen molar-refractivity contribution in [1.29, 1.82) is 0 Å². The van der Waals surface area contributed by atoms with Crippen LogP contribution in [0.4, 0.5) is 0 Å². The van der Waals surface area contributed by atoms with Crippen LogP contribution in [-0.4, -0.2) is 11.7 Å². The van der Waals surface area contributed by atoms with Crippen molar-refractivity contribution < 1.29 is 5.11 Å². The third-order valence-corrected chi connectivity index (χ3v) is 2.83. The van der Waals surface area contributed by atoms with Crippen LogP contribution in [0.15, 0.2) is 11.6 Å². The van der Waals surface area contributed by atoms with E-state index in [0.717, 1.165) is 17.4 Å². The van der Waals surface area contributed by atoms with E-state index < -0.39 is 0 Å². The second-order valence-electron chi connectivity index (χ2n) is 4.19. The Labute approximate surface area is 75.5 Å². The zero-order valence-electron chi connectivity index (χ0n) is 8.21. The molecule has 0 aromatic heterocycles. The largest absolute Gasteiger partial charge is 0.392 e. The molecule has 1 fully saturated rings. The van der Waals surface area contributed by atoms with Crippen LogP contribution in [-0.2, 0) is 0 Å². The van der Waals surface area contributed by atoms with Crippen molar-refractivity contribution in [3.63, 3.8) is 0 Å². The molecule has 1 aliphatic rings. The van der Waals surface area contributed by atoms with Crippen LogP contribution in [0.25, 0.3) is 0 Å². The molecule has 1 N–H and O–H groups in total. The molecule has 0 spiro atoms. The molecular weight excluding hydrogens is 148 g/mol. The standard InChI is InChI=1S/C11H20O/c1-9-3-5-11(6-4-9)7-10(2)8-12/h7,9,11-12H,3-6,8H2,1-2H3/b10-7-. The lowest BCUT2D eigenvalue weighted by atomic mass is 9.82. The molecule has 0 aliphatic heterocycles. The second kappa shape index (κ2) is 4.66. The van der Waals surface area contributed by atoms with Crippen molar-refractivity contribution in [1.82, 2.24) is 0 Å². The van der Waals surface area contributed by atoms with Gasteiger partial charge in [0.05, 0.1) is 6.61 Å². The van der Waals surface area contributed by atoms with Gasteiger partial charge >= 0.3 is 0 Å². The lowest BCUT2D eigenvalue weighted by Crippen LogP contribution is -2.10. The summed E-state index contributed by atoms with van der Waals surface area (Å²) in [4.78, 5) is 0. The Bertz CT molecular complexity index is 152. The zero-order valence-corrected chi connectivity index (χ0v) is 8.21. The lowest BCUT2D eigenvalue weighted by Gasteiger charge is -2.24. The zero-order chi connectivity index (χ0) is 8.97. The van der Waals surface area contributed by atoms with Gasteiger partial charge in [-0.1, -0.05) is 31.4 Å². The Kier molecular flexibility index (Phi) is 3.80. The first-order valence-corrected chi connectivity index (χ1v) is 5.00. The van der Waals surface area contributed by atoms with Gasteiger partial charge in [0.2, 0.25) is 0 Å². The van der Waals surface area contributed by atoms with Crippen molar-refractivity contribution in [2.75, 3.05) is 6.61 Å². The van der Waals surface area contributed by atoms with Crippen molar-refractivity contribution >= 4 is 0 Å². The smallest absolute Gasteiger partial charge is 0.0639 e. The van der Waals surface area contributed by atoms with Crippen LogP contribution in [0.5, 0.6) is 0 Å². The van der Waals surface area contributed by atoms with E-state index in [4.69, 9.17) is 5.11 Å².